The largest absolute Gasteiger partial charge is 0.302 e. The maximum atomic E-state index is 13.0. The molecule has 1 aromatic heterocycles. The van der Waals surface area contributed by atoms with Gasteiger partial charge in [0.15, 0.2) is 0 Å². The lowest BCUT2D eigenvalue weighted by Gasteiger charge is -2.26. The van der Waals surface area contributed by atoms with Crippen LogP contribution in [0.1, 0.15) is 44.1 Å². The van der Waals surface area contributed by atoms with E-state index in [-0.39, 0.29) is 17.9 Å². The van der Waals surface area contributed by atoms with E-state index in [4.69, 9.17) is 0 Å². The van der Waals surface area contributed by atoms with Gasteiger partial charge in [0, 0.05) is 30.7 Å². The van der Waals surface area contributed by atoms with E-state index in [1.165, 1.54) is 12.1 Å². The van der Waals surface area contributed by atoms with Gasteiger partial charge in [0.05, 0.1) is 5.69 Å². The molecule has 2 rings (SSSR count). The van der Waals surface area contributed by atoms with Crippen LogP contribution in [0.25, 0.3) is 0 Å². The van der Waals surface area contributed by atoms with E-state index < -0.39 is 0 Å². The zero-order valence-corrected chi connectivity index (χ0v) is 12.0. The topological polar surface area (TPSA) is 37.8 Å². The Morgan fingerprint density at radius 1 is 1.05 bits per heavy atom. The van der Waals surface area contributed by atoms with Crippen LogP contribution in [0.3, 0.4) is 0 Å². The summed E-state index contributed by atoms with van der Waals surface area (Å²) in [6, 6.07) is 6.89. The molecule has 0 aliphatic carbocycles. The Labute approximate surface area is 119 Å². The van der Waals surface area contributed by atoms with Crippen molar-refractivity contribution >= 4 is 0 Å². The maximum Gasteiger partial charge on any atom is 0.123 e. The van der Waals surface area contributed by atoms with Gasteiger partial charge in [0.1, 0.15) is 5.82 Å². The second kappa shape index (κ2) is 6.57. The Morgan fingerprint density at radius 3 is 2.30 bits per heavy atom. The van der Waals surface area contributed by atoms with Crippen LogP contribution in [-0.4, -0.2) is 9.97 Å². The van der Waals surface area contributed by atoms with Crippen LogP contribution >= 0.6 is 0 Å². The summed E-state index contributed by atoms with van der Waals surface area (Å²) in [7, 11) is 0. The lowest BCUT2D eigenvalue weighted by molar-refractivity contribution is 0.370. The number of halogens is 1. The summed E-state index contributed by atoms with van der Waals surface area (Å²) in [5, 5.41) is 3.54. The maximum absolute atomic E-state index is 13.0. The van der Waals surface area contributed by atoms with E-state index >= 15 is 0 Å². The smallest absolute Gasteiger partial charge is 0.123 e. The molecule has 1 aromatic carbocycles. The molecule has 0 bridgehead atoms. The fourth-order valence-corrected chi connectivity index (χ4v) is 2.23. The molecule has 20 heavy (non-hydrogen) atoms. The van der Waals surface area contributed by atoms with E-state index in [0.717, 1.165) is 11.3 Å². The van der Waals surface area contributed by atoms with Gasteiger partial charge in [-0.05, 0) is 30.5 Å². The third kappa shape index (κ3) is 3.61. The van der Waals surface area contributed by atoms with Crippen molar-refractivity contribution in [2.24, 2.45) is 5.92 Å². The molecule has 0 aliphatic rings. The number of benzene rings is 1. The molecule has 2 atom stereocenters. The van der Waals surface area contributed by atoms with Crippen LogP contribution in [0.15, 0.2) is 42.9 Å². The average molecular weight is 273 g/mol. The van der Waals surface area contributed by atoms with Crippen molar-refractivity contribution in [3.63, 3.8) is 0 Å². The van der Waals surface area contributed by atoms with Crippen molar-refractivity contribution in [1.82, 2.24) is 15.3 Å². The second-order valence-electron chi connectivity index (χ2n) is 5.29. The van der Waals surface area contributed by atoms with Crippen molar-refractivity contribution in [3.05, 3.63) is 59.9 Å². The predicted octanol–water partition coefficient (Wildman–Crippen LogP) is 3.66. The first-order chi connectivity index (χ1) is 9.58. The highest BCUT2D eigenvalue weighted by molar-refractivity contribution is 5.21. The fourth-order valence-electron chi connectivity index (χ4n) is 2.23. The molecule has 0 saturated heterocycles. The molecule has 3 nitrogen and oxygen atoms in total. The fraction of sp³-hybridized carbons (Fsp3) is 0.375. The number of nitrogens with zero attached hydrogens (tertiary/aromatic N) is 2. The van der Waals surface area contributed by atoms with Gasteiger partial charge in [-0.15, -0.1) is 0 Å². The molecule has 0 spiro atoms. The zero-order valence-electron chi connectivity index (χ0n) is 12.0. The molecule has 0 amide bonds. The minimum absolute atomic E-state index is 0.0844. The normalized spacial score (nSPS) is 14.2. The monoisotopic (exact) mass is 273 g/mol. The van der Waals surface area contributed by atoms with Crippen LogP contribution < -0.4 is 5.32 Å². The molecule has 2 aromatic rings. The van der Waals surface area contributed by atoms with Gasteiger partial charge in [-0.25, -0.2) is 4.39 Å². The van der Waals surface area contributed by atoms with Gasteiger partial charge in [0.2, 0.25) is 0 Å². The van der Waals surface area contributed by atoms with Crippen molar-refractivity contribution in [2.45, 2.75) is 32.9 Å². The Balaban J connectivity index is 2.16. The zero-order chi connectivity index (χ0) is 14.5. The van der Waals surface area contributed by atoms with E-state index in [1.54, 1.807) is 18.6 Å². The van der Waals surface area contributed by atoms with Crippen LogP contribution in [-0.2, 0) is 0 Å². The summed E-state index contributed by atoms with van der Waals surface area (Å²) < 4.78 is 13.0. The Hall–Kier alpha value is -1.81. The molecule has 0 saturated carbocycles. The van der Waals surface area contributed by atoms with Gasteiger partial charge in [-0.2, -0.15) is 0 Å². The van der Waals surface area contributed by atoms with E-state index in [9.17, 15) is 4.39 Å². The molecule has 2 unspecified atom stereocenters. The van der Waals surface area contributed by atoms with E-state index in [1.807, 2.05) is 12.1 Å². The quantitative estimate of drug-likeness (QED) is 0.903. The lowest BCUT2D eigenvalue weighted by atomic mass is 9.95. The molecule has 4 heteroatoms. The molecule has 0 fully saturated rings. The Morgan fingerprint density at radius 2 is 1.75 bits per heavy atom. The van der Waals surface area contributed by atoms with Gasteiger partial charge >= 0.3 is 0 Å². The molecular formula is C16H20FN3. The highest BCUT2D eigenvalue weighted by atomic mass is 19.1. The molecule has 106 valence electrons. The number of hydrogen-bond acceptors (Lipinski definition) is 3. The number of hydrogen-bond donors (Lipinski definition) is 1. The first-order valence-corrected chi connectivity index (χ1v) is 6.85. The highest BCUT2D eigenvalue weighted by Gasteiger charge is 2.19. The minimum atomic E-state index is -0.210. The molecule has 1 heterocycles. The third-order valence-electron chi connectivity index (χ3n) is 3.35. The Bertz CT molecular complexity index is 525. The highest BCUT2D eigenvalue weighted by Crippen LogP contribution is 2.25. The van der Waals surface area contributed by atoms with Gasteiger partial charge < -0.3 is 5.32 Å². The van der Waals surface area contributed by atoms with Gasteiger partial charge in [0.25, 0.3) is 0 Å². The van der Waals surface area contributed by atoms with Crippen LogP contribution in [0, 0.1) is 11.7 Å². The van der Waals surface area contributed by atoms with Crippen molar-refractivity contribution < 1.29 is 4.39 Å². The summed E-state index contributed by atoms with van der Waals surface area (Å²) in [6.07, 6.45) is 5.12. The number of rotatable bonds is 5. The number of aromatic nitrogens is 2. The average Bonchev–Trinajstić information content (AvgIpc) is 2.46. The second-order valence-corrected chi connectivity index (χ2v) is 5.29. The molecule has 0 aliphatic heterocycles. The first kappa shape index (κ1) is 14.6. The van der Waals surface area contributed by atoms with Crippen molar-refractivity contribution in [2.75, 3.05) is 0 Å². The van der Waals surface area contributed by atoms with Gasteiger partial charge in [-0.3, -0.25) is 9.97 Å². The van der Waals surface area contributed by atoms with Crippen LogP contribution in [0.2, 0.25) is 0 Å². The van der Waals surface area contributed by atoms with E-state index in [2.05, 4.69) is 36.1 Å². The van der Waals surface area contributed by atoms with Crippen LogP contribution in [0.5, 0.6) is 0 Å². The standard InChI is InChI=1S/C16H20FN3/c1-11(2)16(13-4-6-14(17)7-5-13)20-12(3)15-10-18-8-9-19-15/h4-12,16,20H,1-3H3. The van der Waals surface area contributed by atoms with Crippen molar-refractivity contribution in [1.29, 1.82) is 0 Å². The summed E-state index contributed by atoms with van der Waals surface area (Å²) in [6.45, 7) is 6.34. The van der Waals surface area contributed by atoms with E-state index in [0.29, 0.717) is 5.92 Å². The first-order valence-electron chi connectivity index (χ1n) is 6.85. The summed E-state index contributed by atoms with van der Waals surface area (Å²) >= 11 is 0. The molecular weight excluding hydrogens is 253 g/mol. The lowest BCUT2D eigenvalue weighted by Crippen LogP contribution is -2.29. The summed E-state index contributed by atoms with van der Waals surface area (Å²) in [4.78, 5) is 8.40. The SMILES string of the molecule is CC(NC(c1ccc(F)cc1)C(C)C)c1cnccn1. The van der Waals surface area contributed by atoms with Crippen LogP contribution in [0.4, 0.5) is 4.39 Å². The minimum Gasteiger partial charge on any atom is -0.302 e. The summed E-state index contributed by atoms with van der Waals surface area (Å²) in [5.41, 5.74) is 1.98. The van der Waals surface area contributed by atoms with Crippen molar-refractivity contribution in [3.8, 4) is 0 Å². The third-order valence-corrected chi connectivity index (χ3v) is 3.35. The molecule has 1 N–H and O–H groups in total. The summed E-state index contributed by atoms with van der Waals surface area (Å²) in [5.74, 6) is 0.179. The predicted molar refractivity (Wildman–Crippen MR) is 77.6 cm³/mol. The van der Waals surface area contributed by atoms with Gasteiger partial charge in [-0.1, -0.05) is 26.0 Å². The Kier molecular flexibility index (Phi) is 4.79. The molecule has 0 radical (unpaired) electrons. The number of nitrogens with one attached hydrogen (secondary N) is 1.